The second-order valence-corrected chi connectivity index (χ2v) is 5.58. The Hall–Kier alpha value is -0.260. The van der Waals surface area contributed by atoms with E-state index in [9.17, 15) is 0 Å². The van der Waals surface area contributed by atoms with Gasteiger partial charge in [0.1, 0.15) is 0 Å². The van der Waals surface area contributed by atoms with E-state index in [1.807, 2.05) is 0 Å². The van der Waals surface area contributed by atoms with Crippen molar-refractivity contribution < 1.29 is 0 Å². The predicted molar refractivity (Wildman–Crippen MR) is 66.8 cm³/mol. The minimum atomic E-state index is 0.936. The lowest BCUT2D eigenvalue weighted by atomic mass is 9.89. The molecule has 0 aromatic carbocycles. The number of hydrogen-bond donors (Lipinski definition) is 0. The molecule has 0 heteroatoms. The number of unbranched alkanes of at least 4 members (excludes halogenated alkanes) is 1. The highest BCUT2D eigenvalue weighted by atomic mass is 14.4. The Labute approximate surface area is 95.1 Å². The summed E-state index contributed by atoms with van der Waals surface area (Å²) in [7, 11) is 0. The normalized spacial score (nSPS) is 32.3. The van der Waals surface area contributed by atoms with E-state index in [4.69, 9.17) is 0 Å². The van der Waals surface area contributed by atoms with Gasteiger partial charge < -0.3 is 0 Å². The van der Waals surface area contributed by atoms with Crippen molar-refractivity contribution in [1.29, 1.82) is 0 Å². The van der Waals surface area contributed by atoms with Crippen molar-refractivity contribution in [3.05, 3.63) is 12.2 Å². The topological polar surface area (TPSA) is 0 Å². The van der Waals surface area contributed by atoms with Gasteiger partial charge in [0.25, 0.3) is 0 Å². The molecule has 86 valence electrons. The van der Waals surface area contributed by atoms with Crippen molar-refractivity contribution in [1.82, 2.24) is 0 Å². The minimum Gasteiger partial charge on any atom is -0.0851 e. The number of hydrogen-bond acceptors (Lipinski definition) is 0. The molecule has 2 saturated carbocycles. The molecule has 0 aromatic rings. The Morgan fingerprint density at radius 2 is 1.87 bits per heavy atom. The molecule has 15 heavy (non-hydrogen) atoms. The van der Waals surface area contributed by atoms with Crippen LogP contribution >= 0.6 is 0 Å². The van der Waals surface area contributed by atoms with E-state index in [-0.39, 0.29) is 0 Å². The van der Waals surface area contributed by atoms with Crippen molar-refractivity contribution in [2.75, 3.05) is 0 Å². The van der Waals surface area contributed by atoms with E-state index >= 15 is 0 Å². The zero-order valence-corrected chi connectivity index (χ0v) is 10.3. The highest BCUT2D eigenvalue weighted by Gasteiger charge is 2.33. The van der Waals surface area contributed by atoms with Gasteiger partial charge in [-0.25, -0.2) is 0 Å². The molecule has 2 rings (SSSR count). The summed E-state index contributed by atoms with van der Waals surface area (Å²) >= 11 is 0. The summed E-state index contributed by atoms with van der Waals surface area (Å²) in [4.78, 5) is 0. The van der Waals surface area contributed by atoms with E-state index in [1.54, 1.807) is 0 Å². The molecule has 0 aromatic heterocycles. The second kappa shape index (κ2) is 5.72. The van der Waals surface area contributed by atoms with Crippen LogP contribution in [0.5, 0.6) is 0 Å². The lowest BCUT2D eigenvalue weighted by molar-refractivity contribution is 0.418. The molecule has 2 aliphatic carbocycles. The predicted octanol–water partition coefficient (Wildman–Crippen LogP) is 4.95. The first-order chi connectivity index (χ1) is 7.40. The van der Waals surface area contributed by atoms with Crippen LogP contribution in [0.4, 0.5) is 0 Å². The van der Waals surface area contributed by atoms with Gasteiger partial charge in [0, 0.05) is 0 Å². The van der Waals surface area contributed by atoms with E-state index < -0.39 is 0 Å². The molecule has 0 radical (unpaired) electrons. The molecule has 0 saturated heterocycles. The summed E-state index contributed by atoms with van der Waals surface area (Å²) in [5.74, 6) is 2.97. The van der Waals surface area contributed by atoms with Crippen molar-refractivity contribution in [2.24, 2.45) is 17.8 Å². The standard InChI is InChI=1S/C15H26/c1-2-3-9-14-12-15(14)11-10-13-7-5-4-6-8-13/h10-11,13-15H,2-9,12H2,1H3/b11-10+/t14-,15-/m1/s1. The molecular formula is C15H26. The average molecular weight is 206 g/mol. The van der Waals surface area contributed by atoms with E-state index in [0.29, 0.717) is 0 Å². The Morgan fingerprint density at radius 3 is 2.60 bits per heavy atom. The van der Waals surface area contributed by atoms with Crippen molar-refractivity contribution >= 4 is 0 Å². The molecule has 0 bridgehead atoms. The number of allylic oxidation sites excluding steroid dienone is 2. The van der Waals surface area contributed by atoms with Crippen LogP contribution in [0, 0.1) is 17.8 Å². The first kappa shape index (κ1) is 11.2. The molecule has 2 aliphatic rings. The average Bonchev–Trinajstić information content (AvgIpc) is 3.04. The van der Waals surface area contributed by atoms with Gasteiger partial charge in [0.2, 0.25) is 0 Å². The van der Waals surface area contributed by atoms with Crippen LogP contribution in [0.1, 0.15) is 64.7 Å². The molecular weight excluding hydrogens is 180 g/mol. The maximum atomic E-state index is 2.55. The quantitative estimate of drug-likeness (QED) is 0.558. The summed E-state index contributed by atoms with van der Waals surface area (Å²) in [5, 5.41) is 0. The zero-order valence-electron chi connectivity index (χ0n) is 10.3. The maximum Gasteiger partial charge on any atom is -0.0202 e. The summed E-state index contributed by atoms with van der Waals surface area (Å²) in [6.45, 7) is 2.30. The highest BCUT2D eigenvalue weighted by molar-refractivity contribution is 5.03. The summed E-state index contributed by atoms with van der Waals surface area (Å²) < 4.78 is 0. The summed E-state index contributed by atoms with van der Waals surface area (Å²) in [6.07, 6.45) is 18.2. The summed E-state index contributed by atoms with van der Waals surface area (Å²) in [5.41, 5.74) is 0. The van der Waals surface area contributed by atoms with Gasteiger partial charge in [0.05, 0.1) is 0 Å². The van der Waals surface area contributed by atoms with Crippen LogP contribution in [0.25, 0.3) is 0 Å². The molecule has 0 heterocycles. The molecule has 0 spiro atoms. The fraction of sp³-hybridized carbons (Fsp3) is 0.867. The third kappa shape index (κ3) is 3.66. The minimum absolute atomic E-state index is 0.936. The van der Waals surface area contributed by atoms with Crippen LogP contribution in [-0.2, 0) is 0 Å². The van der Waals surface area contributed by atoms with Gasteiger partial charge in [-0.05, 0) is 43.4 Å². The first-order valence-electron chi connectivity index (χ1n) is 7.08. The van der Waals surface area contributed by atoms with E-state index in [2.05, 4.69) is 19.1 Å². The summed E-state index contributed by atoms with van der Waals surface area (Å²) in [6, 6.07) is 0. The van der Waals surface area contributed by atoms with Gasteiger partial charge in [-0.15, -0.1) is 0 Å². The fourth-order valence-corrected chi connectivity index (χ4v) is 2.93. The van der Waals surface area contributed by atoms with Crippen molar-refractivity contribution in [2.45, 2.75) is 64.7 Å². The van der Waals surface area contributed by atoms with E-state index in [1.165, 1.54) is 57.8 Å². The highest BCUT2D eigenvalue weighted by Crippen LogP contribution is 2.43. The molecule has 2 atom stereocenters. The maximum absolute atomic E-state index is 2.55. The first-order valence-corrected chi connectivity index (χ1v) is 7.08. The Kier molecular flexibility index (Phi) is 4.29. The van der Waals surface area contributed by atoms with Gasteiger partial charge >= 0.3 is 0 Å². The Balaban J connectivity index is 1.62. The molecule has 0 N–H and O–H groups in total. The Morgan fingerprint density at radius 1 is 1.07 bits per heavy atom. The van der Waals surface area contributed by atoms with Crippen molar-refractivity contribution in [3.63, 3.8) is 0 Å². The third-order valence-electron chi connectivity index (χ3n) is 4.19. The SMILES string of the molecule is CCCC[C@@H]1C[C@H]1/C=C/C1CCCCC1. The zero-order chi connectivity index (χ0) is 10.5. The van der Waals surface area contributed by atoms with Crippen LogP contribution < -0.4 is 0 Å². The lowest BCUT2D eigenvalue weighted by Gasteiger charge is -2.17. The van der Waals surface area contributed by atoms with Gasteiger partial charge in [-0.2, -0.15) is 0 Å². The van der Waals surface area contributed by atoms with Gasteiger partial charge in [-0.1, -0.05) is 51.2 Å². The monoisotopic (exact) mass is 206 g/mol. The van der Waals surface area contributed by atoms with Gasteiger partial charge in [-0.3, -0.25) is 0 Å². The third-order valence-corrected chi connectivity index (χ3v) is 4.19. The van der Waals surface area contributed by atoms with Crippen molar-refractivity contribution in [3.8, 4) is 0 Å². The van der Waals surface area contributed by atoms with Crippen LogP contribution in [0.2, 0.25) is 0 Å². The van der Waals surface area contributed by atoms with E-state index in [0.717, 1.165) is 17.8 Å². The molecule has 2 fully saturated rings. The van der Waals surface area contributed by atoms with Crippen LogP contribution in [0.3, 0.4) is 0 Å². The smallest absolute Gasteiger partial charge is 0.0202 e. The lowest BCUT2D eigenvalue weighted by Crippen LogP contribution is -2.02. The van der Waals surface area contributed by atoms with Crippen LogP contribution in [0.15, 0.2) is 12.2 Å². The molecule has 0 amide bonds. The number of rotatable bonds is 5. The molecule has 0 aliphatic heterocycles. The Bertz CT molecular complexity index is 198. The largest absolute Gasteiger partial charge is 0.0851 e. The van der Waals surface area contributed by atoms with Crippen LogP contribution in [-0.4, -0.2) is 0 Å². The fourth-order valence-electron chi connectivity index (χ4n) is 2.93. The van der Waals surface area contributed by atoms with Gasteiger partial charge in [0.15, 0.2) is 0 Å². The molecule has 0 nitrogen and oxygen atoms in total. The second-order valence-electron chi connectivity index (χ2n) is 5.58. The molecule has 0 unspecified atom stereocenters.